The van der Waals surface area contributed by atoms with Gasteiger partial charge in [0.15, 0.2) is 0 Å². The number of benzene rings is 2. The minimum absolute atomic E-state index is 0.156. The Hall–Kier alpha value is -1.81. The molecule has 1 nitrogen and oxygen atoms in total. The van der Waals surface area contributed by atoms with Gasteiger partial charge in [0.05, 0.1) is 6.04 Å². The van der Waals surface area contributed by atoms with Gasteiger partial charge >= 0.3 is 0 Å². The van der Waals surface area contributed by atoms with Crippen molar-refractivity contribution in [3.63, 3.8) is 0 Å². The van der Waals surface area contributed by atoms with Crippen LogP contribution < -0.4 is 5.32 Å². The summed E-state index contributed by atoms with van der Waals surface area (Å²) >= 11 is 0. The molecule has 0 saturated heterocycles. The van der Waals surface area contributed by atoms with Gasteiger partial charge in [-0.05, 0) is 38.6 Å². The van der Waals surface area contributed by atoms with Crippen molar-refractivity contribution in [3.8, 4) is 0 Å². The molecule has 2 aromatic rings. The zero-order chi connectivity index (χ0) is 14.9. The van der Waals surface area contributed by atoms with Crippen LogP contribution in [0.1, 0.15) is 28.3 Å². The van der Waals surface area contributed by atoms with Crippen molar-refractivity contribution < 1.29 is 13.2 Å². The summed E-state index contributed by atoms with van der Waals surface area (Å²) in [4.78, 5) is 0. The van der Waals surface area contributed by atoms with E-state index in [0.29, 0.717) is 5.56 Å². The Morgan fingerprint density at radius 2 is 1.60 bits per heavy atom. The number of aryl methyl sites for hydroxylation is 2. The third kappa shape index (κ3) is 2.56. The molecule has 20 heavy (non-hydrogen) atoms. The third-order valence-electron chi connectivity index (χ3n) is 3.36. The quantitative estimate of drug-likeness (QED) is 0.894. The lowest BCUT2D eigenvalue weighted by molar-refractivity contribution is 0.504. The number of rotatable bonds is 3. The van der Waals surface area contributed by atoms with Crippen molar-refractivity contribution in [2.45, 2.75) is 19.9 Å². The molecule has 106 valence electrons. The van der Waals surface area contributed by atoms with Gasteiger partial charge in [0.2, 0.25) is 0 Å². The first kappa shape index (κ1) is 14.6. The fraction of sp³-hybridized carbons (Fsp3) is 0.250. The fourth-order valence-corrected chi connectivity index (χ4v) is 2.28. The monoisotopic (exact) mass is 279 g/mol. The van der Waals surface area contributed by atoms with Gasteiger partial charge in [-0.25, -0.2) is 13.2 Å². The number of hydrogen-bond acceptors (Lipinski definition) is 1. The average Bonchev–Trinajstić information content (AvgIpc) is 2.42. The Balaban J connectivity index is 2.64. The average molecular weight is 279 g/mol. The fourth-order valence-electron chi connectivity index (χ4n) is 2.28. The van der Waals surface area contributed by atoms with E-state index in [1.807, 2.05) is 0 Å². The molecule has 0 spiro atoms. The molecule has 0 aliphatic carbocycles. The molecule has 1 unspecified atom stereocenters. The van der Waals surface area contributed by atoms with Gasteiger partial charge < -0.3 is 5.32 Å². The highest BCUT2D eigenvalue weighted by Crippen LogP contribution is 2.30. The standard InChI is InChI=1S/C16H16F3N/c1-9-4-6-12(17)11(8-9)16(20-3)14-13(18)7-5-10(2)15(14)19/h4-8,16,20H,1-3H3. The van der Waals surface area contributed by atoms with Crippen LogP contribution >= 0.6 is 0 Å². The first-order valence-electron chi connectivity index (χ1n) is 6.33. The van der Waals surface area contributed by atoms with Crippen LogP contribution in [0, 0.1) is 31.3 Å². The molecule has 2 rings (SSSR count). The molecule has 0 aliphatic heterocycles. The lowest BCUT2D eigenvalue weighted by Crippen LogP contribution is -2.22. The molecule has 0 fully saturated rings. The van der Waals surface area contributed by atoms with Crippen LogP contribution in [0.15, 0.2) is 30.3 Å². The Labute approximate surface area is 116 Å². The van der Waals surface area contributed by atoms with Crippen LogP contribution in [0.5, 0.6) is 0 Å². The highest BCUT2D eigenvalue weighted by Gasteiger charge is 2.24. The van der Waals surface area contributed by atoms with E-state index in [-0.39, 0.29) is 11.1 Å². The summed E-state index contributed by atoms with van der Waals surface area (Å²) in [6, 6.07) is 6.22. The molecular formula is C16H16F3N. The van der Waals surface area contributed by atoms with Gasteiger partial charge in [-0.15, -0.1) is 0 Å². The summed E-state index contributed by atoms with van der Waals surface area (Å²) in [6.45, 7) is 3.36. The van der Waals surface area contributed by atoms with E-state index in [2.05, 4.69) is 5.32 Å². The van der Waals surface area contributed by atoms with E-state index in [0.717, 1.165) is 5.56 Å². The normalized spacial score (nSPS) is 12.5. The Bertz CT molecular complexity index is 638. The maximum atomic E-state index is 14.2. The predicted octanol–water partition coefficient (Wildman–Crippen LogP) is 4.03. The van der Waals surface area contributed by atoms with Gasteiger partial charge in [-0.3, -0.25) is 0 Å². The van der Waals surface area contributed by atoms with E-state index in [9.17, 15) is 13.2 Å². The van der Waals surface area contributed by atoms with Gasteiger partial charge in [0.1, 0.15) is 17.5 Å². The zero-order valence-corrected chi connectivity index (χ0v) is 11.6. The highest BCUT2D eigenvalue weighted by atomic mass is 19.1. The topological polar surface area (TPSA) is 12.0 Å². The summed E-state index contributed by atoms with van der Waals surface area (Å²) in [5.41, 5.74) is 1.23. The maximum Gasteiger partial charge on any atom is 0.134 e. The van der Waals surface area contributed by atoms with Crippen LogP contribution in [-0.2, 0) is 0 Å². The van der Waals surface area contributed by atoms with E-state index in [4.69, 9.17) is 0 Å². The van der Waals surface area contributed by atoms with Crippen LogP contribution in [0.25, 0.3) is 0 Å². The second-order valence-corrected chi connectivity index (χ2v) is 4.84. The summed E-state index contributed by atoms with van der Waals surface area (Å²) < 4.78 is 42.2. The largest absolute Gasteiger partial charge is 0.309 e. The van der Waals surface area contributed by atoms with Crippen molar-refractivity contribution in [2.75, 3.05) is 7.05 Å². The third-order valence-corrected chi connectivity index (χ3v) is 3.36. The Morgan fingerprint density at radius 1 is 0.950 bits per heavy atom. The van der Waals surface area contributed by atoms with Crippen molar-refractivity contribution in [3.05, 3.63) is 70.0 Å². The number of hydrogen-bond donors (Lipinski definition) is 1. The second-order valence-electron chi connectivity index (χ2n) is 4.84. The first-order valence-corrected chi connectivity index (χ1v) is 6.33. The zero-order valence-electron chi connectivity index (χ0n) is 11.6. The summed E-state index contributed by atoms with van der Waals surface area (Å²) in [6.07, 6.45) is 0. The van der Waals surface area contributed by atoms with E-state index < -0.39 is 23.5 Å². The first-order chi connectivity index (χ1) is 9.45. The summed E-state index contributed by atoms with van der Waals surface area (Å²) in [7, 11) is 1.55. The maximum absolute atomic E-state index is 14.2. The predicted molar refractivity (Wildman–Crippen MR) is 73.1 cm³/mol. The molecule has 0 bridgehead atoms. The van der Waals surface area contributed by atoms with Crippen molar-refractivity contribution >= 4 is 0 Å². The van der Waals surface area contributed by atoms with Crippen LogP contribution in [0.2, 0.25) is 0 Å². The van der Waals surface area contributed by atoms with Crippen LogP contribution in [0.4, 0.5) is 13.2 Å². The van der Waals surface area contributed by atoms with Crippen molar-refractivity contribution in [2.24, 2.45) is 0 Å². The Kier molecular flexibility index (Phi) is 4.14. The minimum atomic E-state index is -0.866. The second kappa shape index (κ2) is 5.67. The van der Waals surface area contributed by atoms with E-state index in [1.54, 1.807) is 33.0 Å². The molecule has 0 heterocycles. The van der Waals surface area contributed by atoms with Crippen LogP contribution in [0.3, 0.4) is 0 Å². The Morgan fingerprint density at radius 3 is 2.25 bits per heavy atom. The molecule has 1 atom stereocenters. The molecule has 0 amide bonds. The molecule has 1 N–H and O–H groups in total. The summed E-state index contributed by atoms with van der Waals surface area (Å²) in [5, 5.41) is 2.79. The van der Waals surface area contributed by atoms with E-state index >= 15 is 0 Å². The van der Waals surface area contributed by atoms with Gasteiger partial charge in [-0.2, -0.15) is 0 Å². The molecule has 0 aliphatic rings. The van der Waals surface area contributed by atoms with Crippen LogP contribution in [-0.4, -0.2) is 7.05 Å². The molecule has 4 heteroatoms. The molecule has 2 aromatic carbocycles. The lowest BCUT2D eigenvalue weighted by Gasteiger charge is -2.20. The summed E-state index contributed by atoms with van der Waals surface area (Å²) in [5.74, 6) is -1.83. The van der Waals surface area contributed by atoms with Crippen molar-refractivity contribution in [1.29, 1.82) is 0 Å². The molecule has 0 saturated carbocycles. The van der Waals surface area contributed by atoms with E-state index in [1.165, 1.54) is 18.2 Å². The van der Waals surface area contributed by atoms with Gasteiger partial charge in [0.25, 0.3) is 0 Å². The van der Waals surface area contributed by atoms with Gasteiger partial charge in [-0.1, -0.05) is 23.8 Å². The molecular weight excluding hydrogens is 263 g/mol. The smallest absolute Gasteiger partial charge is 0.134 e. The van der Waals surface area contributed by atoms with Gasteiger partial charge in [0, 0.05) is 11.1 Å². The SMILES string of the molecule is CNC(c1cc(C)ccc1F)c1c(F)ccc(C)c1F. The van der Waals surface area contributed by atoms with Crippen molar-refractivity contribution in [1.82, 2.24) is 5.32 Å². The molecule has 0 radical (unpaired) electrons. The molecule has 0 aromatic heterocycles. The minimum Gasteiger partial charge on any atom is -0.309 e. The number of halogens is 3. The highest BCUT2D eigenvalue weighted by molar-refractivity contribution is 5.38. The number of nitrogens with one attached hydrogen (secondary N) is 1. The lowest BCUT2D eigenvalue weighted by atomic mass is 9.94.